The molecular formula is C17H25NO4. The van der Waals surface area contributed by atoms with Crippen LogP contribution in [0.2, 0.25) is 0 Å². The van der Waals surface area contributed by atoms with E-state index in [2.05, 4.69) is 6.92 Å². The number of hydrogen-bond acceptors (Lipinski definition) is 3. The summed E-state index contributed by atoms with van der Waals surface area (Å²) in [6, 6.07) is 7.24. The number of carbonyl (C=O) groups excluding carboxylic acids is 1. The molecule has 1 amide bonds. The number of carboxylic acid groups (broad SMARTS) is 1. The van der Waals surface area contributed by atoms with Crippen molar-refractivity contribution in [3.05, 3.63) is 24.3 Å². The average molecular weight is 307 g/mol. The van der Waals surface area contributed by atoms with E-state index in [0.29, 0.717) is 18.7 Å². The number of aliphatic carboxylic acids is 1. The van der Waals surface area contributed by atoms with Gasteiger partial charge in [-0.25, -0.2) is 0 Å². The van der Waals surface area contributed by atoms with Gasteiger partial charge in [-0.05, 0) is 37.1 Å². The fraction of sp³-hybridized carbons (Fsp3) is 0.529. The molecule has 0 aliphatic carbocycles. The molecule has 0 heterocycles. The normalized spacial score (nSPS) is 10.3. The molecule has 5 nitrogen and oxygen atoms in total. The molecule has 0 saturated heterocycles. The third kappa shape index (κ3) is 6.16. The Morgan fingerprint density at radius 3 is 2.32 bits per heavy atom. The molecule has 1 rings (SSSR count). The van der Waals surface area contributed by atoms with Crippen molar-refractivity contribution in [3.8, 4) is 5.75 Å². The van der Waals surface area contributed by atoms with Gasteiger partial charge in [0.2, 0.25) is 5.91 Å². The number of benzene rings is 1. The van der Waals surface area contributed by atoms with Gasteiger partial charge >= 0.3 is 5.97 Å². The lowest BCUT2D eigenvalue weighted by atomic mass is 10.2. The Balaban J connectivity index is 2.75. The van der Waals surface area contributed by atoms with Crippen LogP contribution in [0.1, 0.15) is 46.0 Å². The largest absolute Gasteiger partial charge is 0.494 e. The standard InChI is InChI=1S/C17H25NO4/c1-3-5-13-22-15-9-7-14(8-10-15)18(12-11-17(20)21)16(19)6-4-2/h7-10H,3-6,11-13H2,1-2H3,(H,20,21). The van der Waals surface area contributed by atoms with Crippen molar-refractivity contribution in [2.24, 2.45) is 0 Å². The van der Waals surface area contributed by atoms with E-state index in [-0.39, 0.29) is 18.9 Å². The molecule has 0 aromatic heterocycles. The first-order chi connectivity index (χ1) is 10.6. The van der Waals surface area contributed by atoms with Gasteiger partial charge in [-0.15, -0.1) is 0 Å². The van der Waals surface area contributed by atoms with E-state index in [1.165, 1.54) is 4.90 Å². The van der Waals surface area contributed by atoms with Crippen LogP contribution in [0.3, 0.4) is 0 Å². The van der Waals surface area contributed by atoms with Gasteiger partial charge in [0.1, 0.15) is 5.75 Å². The Morgan fingerprint density at radius 1 is 1.09 bits per heavy atom. The van der Waals surface area contributed by atoms with Crippen LogP contribution in [-0.2, 0) is 9.59 Å². The molecule has 1 N–H and O–H groups in total. The Morgan fingerprint density at radius 2 is 1.77 bits per heavy atom. The zero-order valence-electron chi connectivity index (χ0n) is 13.4. The van der Waals surface area contributed by atoms with Gasteiger partial charge in [-0.2, -0.15) is 0 Å². The van der Waals surface area contributed by atoms with Crippen molar-refractivity contribution in [2.45, 2.75) is 46.0 Å². The maximum atomic E-state index is 12.2. The minimum Gasteiger partial charge on any atom is -0.494 e. The van der Waals surface area contributed by atoms with Crippen LogP contribution in [0.4, 0.5) is 5.69 Å². The smallest absolute Gasteiger partial charge is 0.305 e. The highest BCUT2D eigenvalue weighted by atomic mass is 16.5. The van der Waals surface area contributed by atoms with Crippen molar-refractivity contribution in [2.75, 3.05) is 18.1 Å². The summed E-state index contributed by atoms with van der Waals surface area (Å²) < 4.78 is 5.59. The van der Waals surface area contributed by atoms with Crippen molar-refractivity contribution in [3.63, 3.8) is 0 Å². The summed E-state index contributed by atoms with van der Waals surface area (Å²) in [4.78, 5) is 24.4. The van der Waals surface area contributed by atoms with Crippen LogP contribution in [0.5, 0.6) is 5.75 Å². The number of carbonyl (C=O) groups is 2. The number of nitrogens with zero attached hydrogens (tertiary/aromatic N) is 1. The summed E-state index contributed by atoms with van der Waals surface area (Å²) in [5, 5.41) is 8.83. The highest BCUT2D eigenvalue weighted by Gasteiger charge is 2.16. The number of rotatable bonds is 10. The lowest BCUT2D eigenvalue weighted by molar-refractivity contribution is -0.136. The molecule has 1 aromatic rings. The van der Waals surface area contributed by atoms with Crippen molar-refractivity contribution < 1.29 is 19.4 Å². The van der Waals surface area contributed by atoms with Crippen LogP contribution in [0.15, 0.2) is 24.3 Å². The topological polar surface area (TPSA) is 66.8 Å². The summed E-state index contributed by atoms with van der Waals surface area (Å²) in [5.41, 5.74) is 0.711. The number of ether oxygens (including phenoxy) is 1. The minimum absolute atomic E-state index is 0.0524. The van der Waals surface area contributed by atoms with Crippen LogP contribution in [0, 0.1) is 0 Å². The number of unbranched alkanes of at least 4 members (excludes halogenated alkanes) is 1. The Labute approximate surface area is 131 Å². The molecule has 0 spiro atoms. The van der Waals surface area contributed by atoms with Crippen LogP contribution in [-0.4, -0.2) is 30.1 Å². The van der Waals surface area contributed by atoms with Gasteiger partial charge in [-0.1, -0.05) is 20.3 Å². The summed E-state index contributed by atoms with van der Waals surface area (Å²) in [7, 11) is 0. The molecule has 122 valence electrons. The van der Waals surface area contributed by atoms with Crippen LogP contribution >= 0.6 is 0 Å². The highest BCUT2D eigenvalue weighted by molar-refractivity contribution is 5.93. The van der Waals surface area contributed by atoms with Gasteiger partial charge in [0.15, 0.2) is 0 Å². The minimum atomic E-state index is -0.909. The Kier molecular flexibility index (Phi) is 8.04. The zero-order valence-corrected chi connectivity index (χ0v) is 13.4. The molecule has 0 aliphatic heterocycles. The first-order valence-electron chi connectivity index (χ1n) is 7.83. The number of carboxylic acids is 1. The SMILES string of the molecule is CCCCOc1ccc(N(CCC(=O)O)C(=O)CCC)cc1. The molecule has 5 heteroatoms. The maximum absolute atomic E-state index is 12.2. The quantitative estimate of drug-likeness (QED) is 0.672. The highest BCUT2D eigenvalue weighted by Crippen LogP contribution is 2.21. The fourth-order valence-corrected chi connectivity index (χ4v) is 2.01. The molecule has 0 saturated carbocycles. The van der Waals surface area contributed by atoms with Gasteiger partial charge in [0, 0.05) is 18.7 Å². The predicted octanol–water partition coefficient (Wildman–Crippen LogP) is 3.47. The summed E-state index contributed by atoms with van der Waals surface area (Å²) in [6.07, 6.45) is 3.16. The van der Waals surface area contributed by atoms with E-state index in [0.717, 1.165) is 25.0 Å². The third-order valence-electron chi connectivity index (χ3n) is 3.23. The van der Waals surface area contributed by atoms with E-state index < -0.39 is 5.97 Å². The number of anilines is 1. The summed E-state index contributed by atoms with van der Waals surface area (Å²) >= 11 is 0. The summed E-state index contributed by atoms with van der Waals surface area (Å²) in [6.45, 7) is 4.89. The first-order valence-corrected chi connectivity index (χ1v) is 7.83. The second-order valence-corrected chi connectivity index (χ2v) is 5.14. The number of hydrogen-bond donors (Lipinski definition) is 1. The van der Waals surface area contributed by atoms with Crippen LogP contribution in [0.25, 0.3) is 0 Å². The van der Waals surface area contributed by atoms with Crippen LogP contribution < -0.4 is 9.64 Å². The molecule has 0 aliphatic rings. The van der Waals surface area contributed by atoms with E-state index in [9.17, 15) is 9.59 Å². The molecule has 0 atom stereocenters. The van der Waals surface area contributed by atoms with Gasteiger partial charge in [0.05, 0.1) is 13.0 Å². The molecular weight excluding hydrogens is 282 g/mol. The molecule has 0 radical (unpaired) electrons. The van der Waals surface area contributed by atoms with E-state index in [1.807, 2.05) is 19.1 Å². The molecule has 0 unspecified atom stereocenters. The van der Waals surface area contributed by atoms with E-state index >= 15 is 0 Å². The average Bonchev–Trinajstić information content (AvgIpc) is 2.49. The summed E-state index contributed by atoms with van der Waals surface area (Å²) in [5.74, 6) is -0.199. The van der Waals surface area contributed by atoms with Gasteiger partial charge in [0.25, 0.3) is 0 Å². The zero-order chi connectivity index (χ0) is 16.4. The van der Waals surface area contributed by atoms with Crippen molar-refractivity contribution in [1.29, 1.82) is 0 Å². The third-order valence-corrected chi connectivity index (χ3v) is 3.23. The first kappa shape index (κ1) is 18.0. The van der Waals surface area contributed by atoms with E-state index in [4.69, 9.17) is 9.84 Å². The molecule has 0 fully saturated rings. The molecule has 0 bridgehead atoms. The fourth-order valence-electron chi connectivity index (χ4n) is 2.01. The lowest BCUT2D eigenvalue weighted by Gasteiger charge is -2.22. The monoisotopic (exact) mass is 307 g/mol. The maximum Gasteiger partial charge on any atom is 0.305 e. The lowest BCUT2D eigenvalue weighted by Crippen LogP contribution is -2.32. The van der Waals surface area contributed by atoms with Gasteiger partial charge < -0.3 is 14.7 Å². The second-order valence-electron chi connectivity index (χ2n) is 5.14. The molecule has 22 heavy (non-hydrogen) atoms. The predicted molar refractivity (Wildman–Crippen MR) is 86.4 cm³/mol. The second kappa shape index (κ2) is 9.82. The van der Waals surface area contributed by atoms with Gasteiger partial charge in [-0.3, -0.25) is 9.59 Å². The Hall–Kier alpha value is -2.04. The number of amides is 1. The van der Waals surface area contributed by atoms with E-state index in [1.54, 1.807) is 12.1 Å². The Bertz CT molecular complexity index is 470. The van der Waals surface area contributed by atoms with Crippen molar-refractivity contribution >= 4 is 17.6 Å². The van der Waals surface area contributed by atoms with Crippen molar-refractivity contribution in [1.82, 2.24) is 0 Å². The molecule has 1 aromatic carbocycles.